The van der Waals surface area contributed by atoms with Crippen LogP contribution in [0.2, 0.25) is 0 Å². The number of alkyl halides is 2. The first-order valence-electron chi connectivity index (χ1n) is 3.82. The summed E-state index contributed by atoms with van der Waals surface area (Å²) in [5.74, 6) is -5.76. The standard InChI is InChI=1S/C8H12F2O4/c1-8(9,10)6(12)4-5(11)7(13-2)14-3/h7H,4H2,1-3H3. The van der Waals surface area contributed by atoms with Crippen molar-refractivity contribution < 1.29 is 27.8 Å². The van der Waals surface area contributed by atoms with Crippen LogP contribution in [0.3, 0.4) is 0 Å². The van der Waals surface area contributed by atoms with Crippen LogP contribution >= 0.6 is 0 Å². The minimum Gasteiger partial charge on any atom is -0.349 e. The highest BCUT2D eigenvalue weighted by atomic mass is 19.3. The smallest absolute Gasteiger partial charge is 0.302 e. The Kier molecular flexibility index (Phi) is 4.79. The number of Topliss-reactive ketones (excluding diaryl/α,β-unsaturated/α-hetero) is 2. The van der Waals surface area contributed by atoms with Crippen LogP contribution in [0.1, 0.15) is 13.3 Å². The van der Waals surface area contributed by atoms with E-state index in [1.54, 1.807) is 0 Å². The lowest BCUT2D eigenvalue weighted by molar-refractivity contribution is -0.161. The molecule has 82 valence electrons. The van der Waals surface area contributed by atoms with Gasteiger partial charge in [0, 0.05) is 21.1 Å². The molecule has 0 aliphatic carbocycles. The molecule has 0 aromatic rings. The molecule has 0 aliphatic heterocycles. The van der Waals surface area contributed by atoms with Gasteiger partial charge in [-0.25, -0.2) is 0 Å². The van der Waals surface area contributed by atoms with E-state index in [1.807, 2.05) is 0 Å². The Balaban J connectivity index is 4.26. The fourth-order valence-electron chi connectivity index (χ4n) is 0.756. The Morgan fingerprint density at radius 3 is 2.00 bits per heavy atom. The van der Waals surface area contributed by atoms with Gasteiger partial charge in [0.1, 0.15) is 0 Å². The number of ether oxygens (including phenoxy) is 2. The summed E-state index contributed by atoms with van der Waals surface area (Å²) in [6.45, 7) is 0.442. The van der Waals surface area contributed by atoms with Gasteiger partial charge in [-0.05, 0) is 0 Å². The molecular weight excluding hydrogens is 198 g/mol. The van der Waals surface area contributed by atoms with Crippen molar-refractivity contribution in [3.05, 3.63) is 0 Å². The van der Waals surface area contributed by atoms with Crippen molar-refractivity contribution in [1.29, 1.82) is 0 Å². The van der Waals surface area contributed by atoms with Crippen molar-refractivity contribution in [2.45, 2.75) is 25.6 Å². The van der Waals surface area contributed by atoms with Crippen LogP contribution in [-0.2, 0) is 19.1 Å². The number of ketones is 2. The predicted octanol–water partition coefficient (Wildman–Crippen LogP) is 0.789. The fraction of sp³-hybridized carbons (Fsp3) is 0.750. The van der Waals surface area contributed by atoms with Crippen LogP contribution < -0.4 is 0 Å². The van der Waals surface area contributed by atoms with E-state index >= 15 is 0 Å². The Labute approximate surface area is 80.2 Å². The van der Waals surface area contributed by atoms with Crippen LogP contribution in [0.4, 0.5) is 8.78 Å². The molecule has 0 radical (unpaired) electrons. The van der Waals surface area contributed by atoms with Gasteiger partial charge in [-0.1, -0.05) is 0 Å². The number of rotatable bonds is 6. The molecule has 0 aliphatic rings. The zero-order valence-electron chi connectivity index (χ0n) is 8.17. The molecule has 0 heterocycles. The lowest BCUT2D eigenvalue weighted by Gasteiger charge is -2.13. The normalized spacial score (nSPS) is 11.9. The maximum atomic E-state index is 12.4. The topological polar surface area (TPSA) is 52.6 Å². The first-order chi connectivity index (χ1) is 6.32. The van der Waals surface area contributed by atoms with Crippen molar-refractivity contribution >= 4 is 11.6 Å². The third-order valence-electron chi connectivity index (χ3n) is 1.52. The third kappa shape index (κ3) is 3.89. The average molecular weight is 210 g/mol. The molecule has 0 unspecified atom stereocenters. The first kappa shape index (κ1) is 13.1. The Hall–Kier alpha value is -0.880. The largest absolute Gasteiger partial charge is 0.349 e. The molecule has 14 heavy (non-hydrogen) atoms. The summed E-state index contributed by atoms with van der Waals surface area (Å²) in [5.41, 5.74) is 0. The van der Waals surface area contributed by atoms with Gasteiger partial charge >= 0.3 is 5.92 Å². The molecule has 4 nitrogen and oxygen atoms in total. The van der Waals surface area contributed by atoms with E-state index in [1.165, 1.54) is 14.2 Å². The van der Waals surface area contributed by atoms with E-state index in [0.717, 1.165) is 0 Å². The maximum Gasteiger partial charge on any atom is 0.302 e. The summed E-state index contributed by atoms with van der Waals surface area (Å²) < 4.78 is 33.7. The molecule has 0 saturated carbocycles. The highest BCUT2D eigenvalue weighted by Crippen LogP contribution is 2.15. The Morgan fingerprint density at radius 1 is 1.29 bits per heavy atom. The lowest BCUT2D eigenvalue weighted by Crippen LogP contribution is -2.32. The number of carbonyl (C=O) groups is 2. The molecule has 0 spiro atoms. The molecule has 0 atom stereocenters. The average Bonchev–Trinajstić information content (AvgIpc) is 2.04. The molecule has 0 saturated heterocycles. The van der Waals surface area contributed by atoms with E-state index < -0.39 is 30.2 Å². The molecule has 0 N–H and O–H groups in total. The Morgan fingerprint density at radius 2 is 1.71 bits per heavy atom. The Bertz CT molecular complexity index is 218. The molecule has 0 aromatic carbocycles. The monoisotopic (exact) mass is 210 g/mol. The van der Waals surface area contributed by atoms with Crippen LogP contribution in [0, 0.1) is 0 Å². The number of hydrogen-bond donors (Lipinski definition) is 0. The van der Waals surface area contributed by atoms with Crippen molar-refractivity contribution in [3.63, 3.8) is 0 Å². The summed E-state index contributed by atoms with van der Waals surface area (Å²) in [4.78, 5) is 21.8. The fourth-order valence-corrected chi connectivity index (χ4v) is 0.756. The van der Waals surface area contributed by atoms with Crippen LogP contribution in [0.25, 0.3) is 0 Å². The molecule has 0 amide bonds. The third-order valence-corrected chi connectivity index (χ3v) is 1.52. The number of methoxy groups -OCH3 is 2. The van der Waals surface area contributed by atoms with Gasteiger partial charge in [0.05, 0.1) is 6.42 Å². The summed E-state index contributed by atoms with van der Waals surface area (Å²) in [7, 11) is 2.36. The van der Waals surface area contributed by atoms with Gasteiger partial charge in [0.15, 0.2) is 5.78 Å². The zero-order chi connectivity index (χ0) is 11.4. The van der Waals surface area contributed by atoms with E-state index in [2.05, 4.69) is 9.47 Å². The summed E-state index contributed by atoms with van der Waals surface area (Å²) >= 11 is 0. The first-order valence-corrected chi connectivity index (χ1v) is 3.82. The van der Waals surface area contributed by atoms with E-state index in [-0.39, 0.29) is 0 Å². The van der Waals surface area contributed by atoms with E-state index in [4.69, 9.17) is 0 Å². The van der Waals surface area contributed by atoms with Gasteiger partial charge in [-0.2, -0.15) is 8.78 Å². The molecule has 0 fully saturated rings. The summed E-state index contributed by atoms with van der Waals surface area (Å²) in [5, 5.41) is 0. The second-order valence-corrected chi connectivity index (χ2v) is 2.76. The minimum atomic E-state index is -3.50. The molecule has 0 bridgehead atoms. The SMILES string of the molecule is COC(OC)C(=O)CC(=O)C(C)(F)F. The van der Waals surface area contributed by atoms with Gasteiger partial charge in [0.2, 0.25) is 12.1 Å². The van der Waals surface area contributed by atoms with E-state index in [9.17, 15) is 18.4 Å². The molecule has 6 heteroatoms. The predicted molar refractivity (Wildman–Crippen MR) is 43.1 cm³/mol. The van der Waals surface area contributed by atoms with Crippen molar-refractivity contribution in [2.24, 2.45) is 0 Å². The van der Waals surface area contributed by atoms with Gasteiger partial charge in [-0.3, -0.25) is 9.59 Å². The molecule has 0 aromatic heterocycles. The zero-order valence-corrected chi connectivity index (χ0v) is 8.17. The summed E-state index contributed by atoms with van der Waals surface area (Å²) in [6.07, 6.45) is -2.16. The van der Waals surface area contributed by atoms with Gasteiger partial charge in [-0.15, -0.1) is 0 Å². The highest BCUT2D eigenvalue weighted by molar-refractivity contribution is 6.03. The number of carbonyl (C=O) groups excluding carboxylic acids is 2. The highest BCUT2D eigenvalue weighted by Gasteiger charge is 2.35. The van der Waals surface area contributed by atoms with Crippen molar-refractivity contribution in [1.82, 2.24) is 0 Å². The van der Waals surface area contributed by atoms with Crippen molar-refractivity contribution in [2.75, 3.05) is 14.2 Å². The van der Waals surface area contributed by atoms with Gasteiger partial charge < -0.3 is 9.47 Å². The number of hydrogen-bond acceptors (Lipinski definition) is 4. The second kappa shape index (κ2) is 5.11. The van der Waals surface area contributed by atoms with Crippen molar-refractivity contribution in [3.8, 4) is 0 Å². The lowest BCUT2D eigenvalue weighted by atomic mass is 10.1. The van der Waals surface area contributed by atoms with Crippen LogP contribution in [0.5, 0.6) is 0 Å². The van der Waals surface area contributed by atoms with Crippen LogP contribution in [-0.4, -0.2) is 38.0 Å². The second-order valence-electron chi connectivity index (χ2n) is 2.76. The number of halogens is 2. The minimum absolute atomic E-state index is 0.442. The molecular formula is C8H12F2O4. The maximum absolute atomic E-state index is 12.4. The quantitative estimate of drug-likeness (QED) is 0.480. The van der Waals surface area contributed by atoms with Gasteiger partial charge in [0.25, 0.3) is 0 Å². The van der Waals surface area contributed by atoms with E-state index in [0.29, 0.717) is 6.92 Å². The summed E-state index contributed by atoms with van der Waals surface area (Å²) in [6, 6.07) is 0. The van der Waals surface area contributed by atoms with Crippen LogP contribution in [0.15, 0.2) is 0 Å². The molecule has 0 rings (SSSR count).